The van der Waals surface area contributed by atoms with Crippen LogP contribution in [0.25, 0.3) is 10.9 Å². The maximum Gasteiger partial charge on any atom is 0.0483 e. The molecular formula is C17H24N2. The molecule has 0 bridgehead atoms. The zero-order valence-corrected chi connectivity index (χ0v) is 12.5. The Morgan fingerprint density at radius 1 is 1.32 bits per heavy atom. The molecule has 2 heteroatoms. The van der Waals surface area contributed by atoms with E-state index in [1.165, 1.54) is 40.6 Å². The van der Waals surface area contributed by atoms with Crippen molar-refractivity contribution in [2.45, 2.75) is 44.9 Å². The molecule has 0 saturated heterocycles. The number of benzene rings is 1. The Morgan fingerprint density at radius 2 is 2.00 bits per heavy atom. The van der Waals surface area contributed by atoms with Gasteiger partial charge >= 0.3 is 0 Å². The Morgan fingerprint density at radius 3 is 2.53 bits per heavy atom. The van der Waals surface area contributed by atoms with Gasteiger partial charge in [0.1, 0.15) is 0 Å². The molecule has 2 aromatic rings. The smallest absolute Gasteiger partial charge is 0.0483 e. The van der Waals surface area contributed by atoms with Gasteiger partial charge in [0.05, 0.1) is 0 Å². The summed E-state index contributed by atoms with van der Waals surface area (Å²) in [7, 11) is 2.17. The van der Waals surface area contributed by atoms with Crippen LogP contribution >= 0.6 is 0 Å². The molecule has 0 aliphatic heterocycles. The van der Waals surface area contributed by atoms with E-state index in [2.05, 4.69) is 50.6 Å². The second-order valence-corrected chi connectivity index (χ2v) is 6.44. The molecule has 102 valence electrons. The highest BCUT2D eigenvalue weighted by Gasteiger charge is 2.45. The second kappa shape index (κ2) is 4.11. The fraction of sp³-hybridized carbons (Fsp3) is 0.529. The summed E-state index contributed by atoms with van der Waals surface area (Å²) in [5.41, 5.74) is 12.0. The second-order valence-electron chi connectivity index (χ2n) is 6.44. The predicted molar refractivity (Wildman–Crippen MR) is 81.7 cm³/mol. The molecular weight excluding hydrogens is 232 g/mol. The van der Waals surface area contributed by atoms with Gasteiger partial charge < -0.3 is 10.3 Å². The average Bonchev–Trinajstić information content (AvgIpc) is 3.14. The number of rotatable bonds is 3. The molecule has 2 N–H and O–H groups in total. The third-order valence-corrected chi connectivity index (χ3v) is 4.96. The summed E-state index contributed by atoms with van der Waals surface area (Å²) in [6.45, 7) is 7.53. The molecule has 1 fully saturated rings. The van der Waals surface area contributed by atoms with Crippen LogP contribution in [0.2, 0.25) is 0 Å². The van der Waals surface area contributed by atoms with Gasteiger partial charge in [-0.15, -0.1) is 0 Å². The van der Waals surface area contributed by atoms with Crippen LogP contribution in [-0.4, -0.2) is 11.1 Å². The van der Waals surface area contributed by atoms with Crippen molar-refractivity contribution >= 4 is 10.9 Å². The highest BCUT2D eigenvalue weighted by atomic mass is 15.0. The van der Waals surface area contributed by atoms with Gasteiger partial charge in [-0.1, -0.05) is 19.9 Å². The number of aryl methyl sites for hydroxylation is 1. The maximum absolute atomic E-state index is 6.06. The van der Waals surface area contributed by atoms with Gasteiger partial charge in [-0.25, -0.2) is 0 Å². The molecule has 1 aliphatic carbocycles. The molecule has 0 amide bonds. The normalized spacial score (nSPS) is 17.4. The van der Waals surface area contributed by atoms with E-state index >= 15 is 0 Å². The SMILES string of the molecule is Cc1c(C2(CN)CC2)c2cc(C(C)C)ccc2n1C. The Balaban J connectivity index is 2.30. The lowest BCUT2D eigenvalue weighted by atomic mass is 9.91. The van der Waals surface area contributed by atoms with Crippen molar-refractivity contribution in [3.63, 3.8) is 0 Å². The zero-order valence-electron chi connectivity index (χ0n) is 12.5. The predicted octanol–water partition coefficient (Wildman–Crippen LogP) is 3.60. The van der Waals surface area contributed by atoms with E-state index in [1.807, 2.05) is 0 Å². The van der Waals surface area contributed by atoms with Crippen molar-refractivity contribution in [3.05, 3.63) is 35.0 Å². The van der Waals surface area contributed by atoms with Crippen LogP contribution in [0.1, 0.15) is 49.4 Å². The summed E-state index contributed by atoms with van der Waals surface area (Å²) >= 11 is 0. The number of aromatic nitrogens is 1. The highest BCUT2D eigenvalue weighted by molar-refractivity contribution is 5.88. The van der Waals surface area contributed by atoms with E-state index in [1.54, 1.807) is 0 Å². The lowest BCUT2D eigenvalue weighted by Crippen LogP contribution is -2.20. The topological polar surface area (TPSA) is 30.9 Å². The van der Waals surface area contributed by atoms with Gasteiger partial charge in [0.2, 0.25) is 0 Å². The first-order chi connectivity index (χ1) is 9.00. The summed E-state index contributed by atoms with van der Waals surface area (Å²) < 4.78 is 2.32. The van der Waals surface area contributed by atoms with Crippen molar-refractivity contribution in [1.29, 1.82) is 0 Å². The largest absolute Gasteiger partial charge is 0.348 e. The maximum atomic E-state index is 6.06. The fourth-order valence-corrected chi connectivity index (χ4v) is 3.33. The molecule has 0 spiro atoms. The minimum atomic E-state index is 0.263. The first-order valence-electron chi connectivity index (χ1n) is 7.29. The van der Waals surface area contributed by atoms with E-state index in [0.29, 0.717) is 5.92 Å². The van der Waals surface area contributed by atoms with Crippen LogP contribution in [0.5, 0.6) is 0 Å². The van der Waals surface area contributed by atoms with E-state index in [4.69, 9.17) is 5.73 Å². The minimum Gasteiger partial charge on any atom is -0.348 e. The molecule has 1 aromatic heterocycles. The van der Waals surface area contributed by atoms with Crippen LogP contribution in [0.3, 0.4) is 0 Å². The van der Waals surface area contributed by atoms with Crippen molar-refractivity contribution in [2.24, 2.45) is 12.8 Å². The molecule has 19 heavy (non-hydrogen) atoms. The summed E-state index contributed by atoms with van der Waals surface area (Å²) in [4.78, 5) is 0. The molecule has 1 saturated carbocycles. The fourth-order valence-electron chi connectivity index (χ4n) is 3.33. The van der Waals surface area contributed by atoms with Crippen molar-refractivity contribution in [1.82, 2.24) is 4.57 Å². The Bertz CT molecular complexity index is 630. The van der Waals surface area contributed by atoms with E-state index in [0.717, 1.165) is 6.54 Å². The van der Waals surface area contributed by atoms with E-state index in [-0.39, 0.29) is 5.41 Å². The van der Waals surface area contributed by atoms with Crippen LogP contribution in [0, 0.1) is 6.92 Å². The standard InChI is InChI=1S/C17H24N2/c1-11(2)13-5-6-15-14(9-13)16(12(3)19(15)4)17(10-18)7-8-17/h5-6,9,11H,7-8,10,18H2,1-4H3. The minimum absolute atomic E-state index is 0.263. The van der Waals surface area contributed by atoms with Crippen LogP contribution < -0.4 is 5.73 Å². The van der Waals surface area contributed by atoms with Crippen LogP contribution in [0.15, 0.2) is 18.2 Å². The Kier molecular flexibility index (Phi) is 2.75. The molecule has 1 aliphatic rings. The lowest BCUT2D eigenvalue weighted by Gasteiger charge is -2.14. The molecule has 1 heterocycles. The van der Waals surface area contributed by atoms with Gasteiger partial charge in [-0.05, 0) is 48.9 Å². The van der Waals surface area contributed by atoms with Gasteiger partial charge in [-0.2, -0.15) is 0 Å². The first kappa shape index (κ1) is 12.7. The van der Waals surface area contributed by atoms with Crippen molar-refractivity contribution < 1.29 is 0 Å². The number of hydrogen-bond donors (Lipinski definition) is 1. The molecule has 0 unspecified atom stereocenters. The van der Waals surface area contributed by atoms with Crippen molar-refractivity contribution in [2.75, 3.05) is 6.54 Å². The summed E-state index contributed by atoms with van der Waals surface area (Å²) in [5, 5.41) is 1.43. The third kappa shape index (κ3) is 1.73. The van der Waals surface area contributed by atoms with Crippen LogP contribution in [-0.2, 0) is 12.5 Å². The quantitative estimate of drug-likeness (QED) is 0.893. The highest BCUT2D eigenvalue weighted by Crippen LogP contribution is 2.51. The molecule has 0 atom stereocenters. The molecule has 1 aromatic carbocycles. The molecule has 2 nitrogen and oxygen atoms in total. The number of hydrogen-bond acceptors (Lipinski definition) is 1. The lowest BCUT2D eigenvalue weighted by molar-refractivity contribution is 0.697. The number of nitrogens with two attached hydrogens (primary N) is 1. The Labute approximate surface area is 115 Å². The number of nitrogens with zero attached hydrogens (tertiary/aromatic N) is 1. The first-order valence-corrected chi connectivity index (χ1v) is 7.29. The molecule has 3 rings (SSSR count). The van der Waals surface area contributed by atoms with Gasteiger partial charge in [-0.3, -0.25) is 0 Å². The van der Waals surface area contributed by atoms with Gasteiger partial charge in [0, 0.05) is 35.6 Å². The number of fused-ring (bicyclic) bond motifs is 1. The average molecular weight is 256 g/mol. The van der Waals surface area contributed by atoms with Gasteiger partial charge in [0.25, 0.3) is 0 Å². The summed E-state index contributed by atoms with van der Waals surface area (Å²) in [5.74, 6) is 0.575. The zero-order chi connectivity index (χ0) is 13.8. The summed E-state index contributed by atoms with van der Waals surface area (Å²) in [6, 6.07) is 6.92. The summed E-state index contributed by atoms with van der Waals surface area (Å²) in [6.07, 6.45) is 2.49. The van der Waals surface area contributed by atoms with Gasteiger partial charge in [0.15, 0.2) is 0 Å². The van der Waals surface area contributed by atoms with Crippen molar-refractivity contribution in [3.8, 4) is 0 Å². The Hall–Kier alpha value is -1.28. The monoisotopic (exact) mass is 256 g/mol. The van der Waals surface area contributed by atoms with E-state index in [9.17, 15) is 0 Å². The van der Waals surface area contributed by atoms with E-state index < -0.39 is 0 Å². The molecule has 0 radical (unpaired) electrons. The van der Waals surface area contributed by atoms with Crippen LogP contribution in [0.4, 0.5) is 0 Å². The third-order valence-electron chi connectivity index (χ3n) is 4.96.